The van der Waals surface area contributed by atoms with Crippen LogP contribution in [0.25, 0.3) is 0 Å². The minimum Gasteiger partial charge on any atom is -0.508 e. The number of nitrogens with two attached hydrogens (primary N) is 1. The normalized spacial score (nSPS) is 9.65. The molecule has 6 N–H and O–H groups in total. The highest BCUT2D eigenvalue weighted by atomic mass is 16.5. The van der Waals surface area contributed by atoms with E-state index in [1.165, 1.54) is 13.2 Å². The van der Waals surface area contributed by atoms with E-state index in [2.05, 4.69) is 0 Å². The van der Waals surface area contributed by atoms with Crippen molar-refractivity contribution in [1.29, 1.82) is 0 Å². The van der Waals surface area contributed by atoms with Crippen LogP contribution in [0.15, 0.2) is 36.4 Å². The number of carboxylic acid groups (broad SMARTS) is 1. The molecule has 0 aliphatic rings. The summed E-state index contributed by atoms with van der Waals surface area (Å²) in [7, 11) is 1.53. The molecule has 7 nitrogen and oxygen atoms in total. The Labute approximate surface area is 133 Å². The van der Waals surface area contributed by atoms with Gasteiger partial charge in [0.25, 0.3) is 0 Å². The van der Waals surface area contributed by atoms with E-state index in [0.717, 1.165) is 24.1 Å². The zero-order chi connectivity index (χ0) is 17.4. The Bertz CT molecular complexity index is 672. The number of carboxylic acids is 1. The number of hydrogen-bond acceptors (Lipinski definition) is 6. The predicted molar refractivity (Wildman–Crippen MR) is 84.1 cm³/mol. The molecule has 0 aliphatic heterocycles. The van der Waals surface area contributed by atoms with Gasteiger partial charge in [-0.25, -0.2) is 4.79 Å². The molecular formula is C16H19NO6. The van der Waals surface area contributed by atoms with Gasteiger partial charge in [-0.05, 0) is 42.8 Å². The molecule has 0 fully saturated rings. The van der Waals surface area contributed by atoms with Gasteiger partial charge in [-0.3, -0.25) is 0 Å². The summed E-state index contributed by atoms with van der Waals surface area (Å²) in [6.07, 6.45) is 0.802. The van der Waals surface area contributed by atoms with Gasteiger partial charge in [0.05, 0.1) is 7.11 Å². The molecule has 0 aromatic heterocycles. The van der Waals surface area contributed by atoms with Gasteiger partial charge in [0, 0.05) is 6.07 Å². The lowest BCUT2D eigenvalue weighted by Crippen LogP contribution is -2.02. The summed E-state index contributed by atoms with van der Waals surface area (Å²) < 4.78 is 4.94. The molecule has 0 saturated carbocycles. The highest BCUT2D eigenvalue weighted by Crippen LogP contribution is 2.26. The maximum atomic E-state index is 10.3. The van der Waals surface area contributed by atoms with E-state index in [9.17, 15) is 9.90 Å². The lowest BCUT2D eigenvalue weighted by atomic mass is 10.1. The van der Waals surface area contributed by atoms with E-state index < -0.39 is 11.7 Å². The number of aromatic carboxylic acids is 1. The Morgan fingerprint density at radius 2 is 1.78 bits per heavy atom. The first-order valence-electron chi connectivity index (χ1n) is 6.70. The summed E-state index contributed by atoms with van der Waals surface area (Å²) in [5.41, 5.74) is 6.24. The second kappa shape index (κ2) is 8.50. The number of carbonyl (C=O) groups is 1. The fourth-order valence-electron chi connectivity index (χ4n) is 1.75. The molecule has 2 aromatic rings. The highest BCUT2D eigenvalue weighted by molar-refractivity contribution is 5.90. The minimum absolute atomic E-state index is 0.160. The fraction of sp³-hybridized carbons (Fsp3) is 0.188. The van der Waals surface area contributed by atoms with Crippen molar-refractivity contribution in [2.45, 2.75) is 6.42 Å². The number of benzene rings is 2. The van der Waals surface area contributed by atoms with Crippen molar-refractivity contribution < 1.29 is 30.0 Å². The van der Waals surface area contributed by atoms with Crippen LogP contribution in [0.2, 0.25) is 0 Å². The van der Waals surface area contributed by atoms with Crippen molar-refractivity contribution in [1.82, 2.24) is 0 Å². The van der Waals surface area contributed by atoms with Crippen LogP contribution < -0.4 is 10.5 Å². The molecule has 0 radical (unpaired) electrons. The van der Waals surface area contributed by atoms with E-state index in [0.29, 0.717) is 12.3 Å². The molecule has 124 valence electrons. The fourth-order valence-corrected chi connectivity index (χ4v) is 1.75. The Morgan fingerprint density at radius 1 is 1.09 bits per heavy atom. The minimum atomic E-state index is -1.22. The first-order valence-corrected chi connectivity index (χ1v) is 6.70. The Balaban J connectivity index is 0.000000231. The van der Waals surface area contributed by atoms with Crippen LogP contribution in [-0.2, 0) is 6.42 Å². The number of rotatable bonds is 4. The van der Waals surface area contributed by atoms with Crippen molar-refractivity contribution in [3.8, 4) is 23.0 Å². The second-order valence-electron chi connectivity index (χ2n) is 4.55. The van der Waals surface area contributed by atoms with Crippen LogP contribution in [-0.4, -0.2) is 40.0 Å². The summed E-state index contributed by atoms with van der Waals surface area (Å²) >= 11 is 0. The van der Waals surface area contributed by atoms with Gasteiger partial charge in [-0.2, -0.15) is 0 Å². The zero-order valence-electron chi connectivity index (χ0n) is 12.6. The van der Waals surface area contributed by atoms with Crippen LogP contribution in [0.3, 0.4) is 0 Å². The summed E-state index contributed by atoms with van der Waals surface area (Å²) in [5.74, 6) is -1.15. The average molecular weight is 321 g/mol. The predicted octanol–water partition coefficient (Wildman–Crippen LogP) is 1.70. The Hall–Kier alpha value is -2.93. The molecule has 0 atom stereocenters. The highest BCUT2D eigenvalue weighted by Gasteiger charge is 2.08. The van der Waals surface area contributed by atoms with Crippen LogP contribution in [0.5, 0.6) is 23.0 Å². The van der Waals surface area contributed by atoms with Crippen molar-refractivity contribution in [3.63, 3.8) is 0 Å². The molecule has 0 aliphatic carbocycles. The van der Waals surface area contributed by atoms with E-state index in [4.69, 9.17) is 25.8 Å². The first kappa shape index (κ1) is 18.1. The third-order valence-corrected chi connectivity index (χ3v) is 2.89. The number of ether oxygens (including phenoxy) is 1. The van der Waals surface area contributed by atoms with E-state index >= 15 is 0 Å². The van der Waals surface area contributed by atoms with Gasteiger partial charge in [0.15, 0.2) is 11.5 Å². The molecule has 7 heteroatoms. The Kier molecular flexibility index (Phi) is 6.69. The number of phenols is 3. The summed E-state index contributed by atoms with van der Waals surface area (Å²) in [6.45, 7) is 0.605. The number of hydrogen-bond donors (Lipinski definition) is 5. The lowest BCUT2D eigenvalue weighted by Gasteiger charge is -2.05. The monoisotopic (exact) mass is 321 g/mol. The van der Waals surface area contributed by atoms with Gasteiger partial charge in [-0.15, -0.1) is 0 Å². The SMILES string of the molecule is COc1cc(CCN)ccc1O.O=C(O)c1ccc(O)cc1O. The van der Waals surface area contributed by atoms with Gasteiger partial charge in [-0.1, -0.05) is 6.07 Å². The molecule has 2 rings (SSSR count). The second-order valence-corrected chi connectivity index (χ2v) is 4.55. The molecule has 0 spiro atoms. The molecule has 23 heavy (non-hydrogen) atoms. The molecular weight excluding hydrogens is 302 g/mol. The Morgan fingerprint density at radius 3 is 2.30 bits per heavy atom. The molecule has 0 saturated heterocycles. The zero-order valence-corrected chi connectivity index (χ0v) is 12.6. The largest absolute Gasteiger partial charge is 0.508 e. The lowest BCUT2D eigenvalue weighted by molar-refractivity contribution is 0.0693. The van der Waals surface area contributed by atoms with Gasteiger partial charge >= 0.3 is 5.97 Å². The van der Waals surface area contributed by atoms with E-state index in [1.807, 2.05) is 6.07 Å². The molecule has 0 bridgehead atoms. The van der Waals surface area contributed by atoms with Gasteiger partial charge in [0.2, 0.25) is 0 Å². The maximum Gasteiger partial charge on any atom is 0.339 e. The summed E-state index contributed by atoms with van der Waals surface area (Å²) in [4.78, 5) is 10.3. The third-order valence-electron chi connectivity index (χ3n) is 2.89. The molecule has 0 heterocycles. The number of methoxy groups -OCH3 is 1. The van der Waals surface area contributed by atoms with Crippen molar-refractivity contribution in [2.24, 2.45) is 5.73 Å². The molecule has 2 aromatic carbocycles. The van der Waals surface area contributed by atoms with Gasteiger partial charge < -0.3 is 30.9 Å². The molecule has 0 amide bonds. The van der Waals surface area contributed by atoms with Crippen molar-refractivity contribution in [2.75, 3.05) is 13.7 Å². The van der Waals surface area contributed by atoms with Crippen LogP contribution in [0.1, 0.15) is 15.9 Å². The first-order chi connectivity index (χ1) is 10.9. The van der Waals surface area contributed by atoms with Gasteiger partial charge in [0.1, 0.15) is 17.1 Å². The van der Waals surface area contributed by atoms with Crippen molar-refractivity contribution in [3.05, 3.63) is 47.5 Å². The third kappa shape index (κ3) is 5.40. The smallest absolute Gasteiger partial charge is 0.339 e. The number of aromatic hydroxyl groups is 3. The van der Waals surface area contributed by atoms with Crippen LogP contribution in [0, 0.1) is 0 Å². The maximum absolute atomic E-state index is 10.3. The standard InChI is InChI=1S/C9H13NO2.C7H6O4/c1-12-9-6-7(4-5-10)2-3-8(9)11;8-4-1-2-5(7(10)11)6(9)3-4/h2-3,6,11H,4-5,10H2,1H3;1-3,8-9H,(H,10,11). The van der Waals surface area contributed by atoms with E-state index in [1.54, 1.807) is 12.1 Å². The summed E-state index contributed by atoms with van der Waals surface area (Å²) in [6, 6.07) is 8.55. The van der Waals surface area contributed by atoms with Crippen molar-refractivity contribution >= 4 is 5.97 Å². The van der Waals surface area contributed by atoms with Crippen LogP contribution in [0.4, 0.5) is 0 Å². The quantitative estimate of drug-likeness (QED) is 0.578. The topological polar surface area (TPSA) is 133 Å². The van der Waals surface area contributed by atoms with Crippen LogP contribution >= 0.6 is 0 Å². The molecule has 0 unspecified atom stereocenters. The summed E-state index contributed by atoms with van der Waals surface area (Å²) in [5, 5.41) is 35.3. The average Bonchev–Trinajstić information content (AvgIpc) is 2.49. The van der Waals surface area contributed by atoms with E-state index in [-0.39, 0.29) is 17.1 Å². The number of phenolic OH excluding ortho intramolecular Hbond substituents is 2.